The van der Waals surface area contributed by atoms with Gasteiger partial charge in [0, 0.05) is 12.4 Å². The third kappa shape index (κ3) is 1.13. The van der Waals surface area contributed by atoms with Crippen molar-refractivity contribution in [3.05, 3.63) is 48.5 Å². The summed E-state index contributed by atoms with van der Waals surface area (Å²) >= 11 is 0. The van der Waals surface area contributed by atoms with Gasteiger partial charge in [0.25, 0.3) is 0 Å². The molecule has 2 heterocycles. The number of fused-ring (bicyclic) bond motifs is 4. The molecule has 0 aliphatic carbocycles. The molecule has 0 radical (unpaired) electrons. The standard InChI is InChI=1S/C15H11N3/c1-18-13-9-5-2-6-10(13)14-15(18)17-12-8-4-3-7-11(12)16-14/h2-9H,1H3. The molecule has 0 atom stereocenters. The van der Waals surface area contributed by atoms with Crippen LogP contribution < -0.4 is 0 Å². The first kappa shape index (κ1) is 9.59. The zero-order chi connectivity index (χ0) is 12.1. The van der Waals surface area contributed by atoms with Gasteiger partial charge in [0.2, 0.25) is 0 Å². The molecule has 0 saturated carbocycles. The van der Waals surface area contributed by atoms with Crippen LogP contribution in [0.1, 0.15) is 0 Å². The fourth-order valence-corrected chi connectivity index (χ4v) is 2.49. The number of nitrogens with zero attached hydrogens (tertiary/aromatic N) is 3. The molecule has 0 aliphatic rings. The van der Waals surface area contributed by atoms with Crippen molar-refractivity contribution in [1.29, 1.82) is 0 Å². The van der Waals surface area contributed by atoms with E-state index in [-0.39, 0.29) is 0 Å². The summed E-state index contributed by atoms with van der Waals surface area (Å²) in [5, 5.41) is 1.16. The van der Waals surface area contributed by atoms with Crippen LogP contribution in [0.15, 0.2) is 48.5 Å². The van der Waals surface area contributed by atoms with E-state index in [0.717, 1.165) is 27.6 Å². The van der Waals surface area contributed by atoms with E-state index in [9.17, 15) is 0 Å². The van der Waals surface area contributed by atoms with Crippen LogP contribution in [0.25, 0.3) is 33.1 Å². The second-order valence-corrected chi connectivity index (χ2v) is 4.46. The summed E-state index contributed by atoms with van der Waals surface area (Å²) in [5.74, 6) is 0. The van der Waals surface area contributed by atoms with Crippen molar-refractivity contribution in [2.75, 3.05) is 0 Å². The average molecular weight is 233 g/mol. The fourth-order valence-electron chi connectivity index (χ4n) is 2.49. The first-order chi connectivity index (χ1) is 8.84. The summed E-state index contributed by atoms with van der Waals surface area (Å²) in [6.45, 7) is 0. The summed E-state index contributed by atoms with van der Waals surface area (Å²) in [7, 11) is 2.04. The summed E-state index contributed by atoms with van der Waals surface area (Å²) in [6.07, 6.45) is 0. The van der Waals surface area contributed by atoms with Crippen LogP contribution >= 0.6 is 0 Å². The predicted molar refractivity (Wildman–Crippen MR) is 73.5 cm³/mol. The molecular formula is C15H11N3. The summed E-state index contributed by atoms with van der Waals surface area (Å²) < 4.78 is 2.10. The zero-order valence-corrected chi connectivity index (χ0v) is 9.96. The lowest BCUT2D eigenvalue weighted by Gasteiger charge is -1.98. The van der Waals surface area contributed by atoms with Crippen molar-refractivity contribution in [3.8, 4) is 0 Å². The second kappa shape index (κ2) is 3.29. The Balaban J connectivity index is 2.32. The number of rotatable bonds is 0. The van der Waals surface area contributed by atoms with E-state index >= 15 is 0 Å². The van der Waals surface area contributed by atoms with E-state index in [1.165, 1.54) is 5.52 Å². The van der Waals surface area contributed by atoms with E-state index < -0.39 is 0 Å². The molecule has 0 saturated heterocycles. The number of benzene rings is 2. The minimum Gasteiger partial charge on any atom is -0.327 e. The first-order valence-electron chi connectivity index (χ1n) is 5.94. The smallest absolute Gasteiger partial charge is 0.160 e. The normalized spacial score (nSPS) is 11.6. The Bertz CT molecular complexity index is 890. The van der Waals surface area contributed by atoms with Crippen LogP contribution in [0.5, 0.6) is 0 Å². The third-order valence-corrected chi connectivity index (χ3v) is 3.39. The van der Waals surface area contributed by atoms with Gasteiger partial charge in [-0.2, -0.15) is 0 Å². The monoisotopic (exact) mass is 233 g/mol. The Morgan fingerprint density at radius 1 is 0.833 bits per heavy atom. The maximum absolute atomic E-state index is 4.74. The molecule has 0 N–H and O–H groups in total. The lowest BCUT2D eigenvalue weighted by Crippen LogP contribution is -1.91. The highest BCUT2D eigenvalue weighted by molar-refractivity contribution is 6.06. The third-order valence-electron chi connectivity index (χ3n) is 3.39. The molecule has 0 fully saturated rings. The quantitative estimate of drug-likeness (QED) is 0.466. The lowest BCUT2D eigenvalue weighted by atomic mass is 10.2. The van der Waals surface area contributed by atoms with Crippen molar-refractivity contribution < 1.29 is 0 Å². The molecule has 0 unspecified atom stereocenters. The SMILES string of the molecule is Cn1c2ccccc2c2nc3ccccc3nc21. The number of hydrogen-bond acceptors (Lipinski definition) is 2. The van der Waals surface area contributed by atoms with E-state index in [0.29, 0.717) is 0 Å². The minimum absolute atomic E-state index is 0.940. The van der Waals surface area contributed by atoms with Crippen molar-refractivity contribution in [1.82, 2.24) is 14.5 Å². The van der Waals surface area contributed by atoms with Gasteiger partial charge in [-0.05, 0) is 18.2 Å². The molecule has 86 valence electrons. The second-order valence-electron chi connectivity index (χ2n) is 4.46. The molecule has 0 bridgehead atoms. The molecule has 4 rings (SSSR count). The summed E-state index contributed by atoms with van der Waals surface area (Å²) in [5.41, 5.74) is 4.97. The van der Waals surface area contributed by atoms with Gasteiger partial charge >= 0.3 is 0 Å². The van der Waals surface area contributed by atoms with E-state index in [1.807, 2.05) is 43.4 Å². The first-order valence-corrected chi connectivity index (χ1v) is 5.94. The van der Waals surface area contributed by atoms with Crippen LogP contribution in [0, 0.1) is 0 Å². The van der Waals surface area contributed by atoms with Crippen LogP contribution in [0.3, 0.4) is 0 Å². The zero-order valence-electron chi connectivity index (χ0n) is 9.96. The molecule has 0 aliphatic heterocycles. The van der Waals surface area contributed by atoms with E-state index in [1.54, 1.807) is 0 Å². The molecule has 3 heteroatoms. The van der Waals surface area contributed by atoms with E-state index in [4.69, 9.17) is 9.97 Å². The van der Waals surface area contributed by atoms with Gasteiger partial charge in [0.15, 0.2) is 5.65 Å². The molecule has 2 aromatic heterocycles. The Kier molecular flexibility index (Phi) is 1.75. The molecule has 0 amide bonds. The maximum atomic E-state index is 4.74. The fraction of sp³-hybridized carbons (Fsp3) is 0.0667. The van der Waals surface area contributed by atoms with Gasteiger partial charge in [-0.1, -0.05) is 30.3 Å². The number of aromatic nitrogens is 3. The maximum Gasteiger partial charge on any atom is 0.160 e. The van der Waals surface area contributed by atoms with Crippen molar-refractivity contribution in [3.63, 3.8) is 0 Å². The van der Waals surface area contributed by atoms with Gasteiger partial charge in [-0.25, -0.2) is 9.97 Å². The van der Waals surface area contributed by atoms with Crippen molar-refractivity contribution in [2.24, 2.45) is 7.05 Å². The molecular weight excluding hydrogens is 222 g/mol. The topological polar surface area (TPSA) is 30.7 Å². The molecule has 2 aromatic carbocycles. The lowest BCUT2D eigenvalue weighted by molar-refractivity contribution is 0.992. The average Bonchev–Trinajstić information content (AvgIpc) is 2.71. The number of aryl methyl sites for hydroxylation is 1. The highest BCUT2D eigenvalue weighted by Crippen LogP contribution is 2.26. The van der Waals surface area contributed by atoms with Crippen LogP contribution in [-0.2, 0) is 7.05 Å². The molecule has 4 aromatic rings. The highest BCUT2D eigenvalue weighted by Gasteiger charge is 2.10. The predicted octanol–water partition coefficient (Wildman–Crippen LogP) is 3.27. The van der Waals surface area contributed by atoms with Crippen LogP contribution in [0.2, 0.25) is 0 Å². The number of para-hydroxylation sites is 3. The Hall–Kier alpha value is -2.42. The van der Waals surface area contributed by atoms with E-state index in [2.05, 4.69) is 16.7 Å². The molecule has 3 nitrogen and oxygen atoms in total. The molecule has 0 spiro atoms. The van der Waals surface area contributed by atoms with Crippen molar-refractivity contribution in [2.45, 2.75) is 0 Å². The van der Waals surface area contributed by atoms with Crippen LogP contribution in [0.4, 0.5) is 0 Å². The highest BCUT2D eigenvalue weighted by atomic mass is 15.0. The Labute approximate surface area is 104 Å². The van der Waals surface area contributed by atoms with Gasteiger partial charge in [-0.15, -0.1) is 0 Å². The Morgan fingerprint density at radius 3 is 2.33 bits per heavy atom. The largest absolute Gasteiger partial charge is 0.327 e. The summed E-state index contributed by atoms with van der Waals surface area (Å²) in [4.78, 5) is 9.46. The van der Waals surface area contributed by atoms with Gasteiger partial charge in [0.05, 0.1) is 16.6 Å². The van der Waals surface area contributed by atoms with Gasteiger partial charge in [0.1, 0.15) is 5.52 Å². The number of hydrogen-bond donors (Lipinski definition) is 0. The van der Waals surface area contributed by atoms with Gasteiger partial charge < -0.3 is 4.57 Å². The van der Waals surface area contributed by atoms with Gasteiger partial charge in [-0.3, -0.25) is 0 Å². The summed E-state index contributed by atoms with van der Waals surface area (Å²) in [6, 6.07) is 16.3. The molecule has 18 heavy (non-hydrogen) atoms. The van der Waals surface area contributed by atoms with Crippen LogP contribution in [-0.4, -0.2) is 14.5 Å². The minimum atomic E-state index is 0.940. The van der Waals surface area contributed by atoms with Crippen molar-refractivity contribution >= 4 is 33.1 Å². The Morgan fingerprint density at radius 2 is 1.50 bits per heavy atom.